The van der Waals surface area contributed by atoms with Crippen molar-refractivity contribution in [1.29, 1.82) is 0 Å². The molecule has 0 aromatic heterocycles. The maximum atomic E-state index is 2.41. The first-order chi connectivity index (χ1) is 39.0. The maximum absolute atomic E-state index is 2.41. The Morgan fingerprint density at radius 3 is 0.925 bits per heavy atom. The van der Waals surface area contributed by atoms with E-state index in [0.29, 0.717) is 0 Å². The Morgan fingerprint density at radius 2 is 0.537 bits per heavy atom. The third-order valence-electron chi connectivity index (χ3n) is 17.3. The largest absolute Gasteiger partial charge is 0.310 e. The van der Waals surface area contributed by atoms with Crippen molar-refractivity contribution < 1.29 is 0 Å². The SMILES string of the molecule is Cc1ccc(N(c2ccccc2)c2ccc3c(c2)C(C)(C)c2cc(C=Cc4ccc5c6ccc(C=Cc7ccc8c(c7)C(C)(C)c7cc(N(c9ccccc9)c9ccc(C)cc9)ccc7-8)cc6c6ccccc6c5c4)ccc2-3)cc1. The fourth-order valence-corrected chi connectivity index (χ4v) is 13.0. The van der Waals surface area contributed by atoms with Crippen LogP contribution in [0.25, 0.3) is 78.9 Å². The van der Waals surface area contributed by atoms with Gasteiger partial charge in [0.2, 0.25) is 0 Å². The number of benzene rings is 12. The van der Waals surface area contributed by atoms with E-state index in [1.165, 1.54) is 110 Å². The van der Waals surface area contributed by atoms with Gasteiger partial charge in [0.15, 0.2) is 0 Å². The van der Waals surface area contributed by atoms with Gasteiger partial charge < -0.3 is 9.80 Å². The Morgan fingerprint density at radius 1 is 0.250 bits per heavy atom. The highest BCUT2D eigenvalue weighted by atomic mass is 15.1. The van der Waals surface area contributed by atoms with E-state index in [2.05, 4.69) is 318 Å². The monoisotopic (exact) mass is 1030 g/mol. The van der Waals surface area contributed by atoms with Crippen molar-refractivity contribution in [3.05, 3.63) is 298 Å². The van der Waals surface area contributed by atoms with Gasteiger partial charge in [-0.2, -0.15) is 0 Å². The van der Waals surface area contributed by atoms with Gasteiger partial charge in [-0.1, -0.05) is 221 Å². The van der Waals surface area contributed by atoms with Crippen molar-refractivity contribution in [2.75, 3.05) is 9.80 Å². The lowest BCUT2D eigenvalue weighted by molar-refractivity contribution is 0.660. The average Bonchev–Trinajstić information content (AvgIpc) is 3.97. The van der Waals surface area contributed by atoms with E-state index in [1.807, 2.05) is 0 Å². The summed E-state index contributed by atoms with van der Waals surface area (Å²) in [7, 11) is 0. The van der Waals surface area contributed by atoms with Gasteiger partial charge in [0.1, 0.15) is 0 Å². The third-order valence-corrected chi connectivity index (χ3v) is 17.3. The van der Waals surface area contributed by atoms with Crippen LogP contribution in [-0.4, -0.2) is 0 Å². The second kappa shape index (κ2) is 19.1. The summed E-state index contributed by atoms with van der Waals surface area (Å²) in [6.45, 7) is 13.8. The fraction of sp³-hybridized carbons (Fsp3) is 0.103. The number of hydrogen-bond acceptors (Lipinski definition) is 2. The van der Waals surface area contributed by atoms with Crippen LogP contribution in [0.1, 0.15) is 83.3 Å². The van der Waals surface area contributed by atoms with Crippen molar-refractivity contribution in [3.63, 3.8) is 0 Å². The van der Waals surface area contributed by atoms with Crippen LogP contribution < -0.4 is 9.80 Å². The van der Waals surface area contributed by atoms with Gasteiger partial charge in [0, 0.05) is 45.0 Å². The molecular formula is C78H62N2. The number of para-hydroxylation sites is 2. The first kappa shape index (κ1) is 48.8. The van der Waals surface area contributed by atoms with E-state index in [4.69, 9.17) is 0 Å². The van der Waals surface area contributed by atoms with Crippen LogP contribution >= 0.6 is 0 Å². The molecule has 0 heterocycles. The molecule has 2 nitrogen and oxygen atoms in total. The summed E-state index contributed by atoms with van der Waals surface area (Å²) in [6, 6.07) is 90.0. The Bertz CT molecular complexity index is 4150. The minimum atomic E-state index is -0.175. The van der Waals surface area contributed by atoms with Crippen LogP contribution in [0.2, 0.25) is 0 Å². The molecule has 0 atom stereocenters. The van der Waals surface area contributed by atoms with Crippen molar-refractivity contribution in [2.24, 2.45) is 0 Å². The van der Waals surface area contributed by atoms with E-state index in [1.54, 1.807) is 0 Å². The molecule has 0 spiro atoms. The molecule has 0 fully saturated rings. The number of nitrogens with zero attached hydrogens (tertiary/aromatic N) is 2. The predicted octanol–water partition coefficient (Wildman–Crippen LogP) is 21.7. The molecule has 2 aliphatic rings. The first-order valence-corrected chi connectivity index (χ1v) is 28.1. The van der Waals surface area contributed by atoms with Crippen molar-refractivity contribution in [2.45, 2.75) is 52.4 Å². The van der Waals surface area contributed by atoms with Gasteiger partial charge in [-0.25, -0.2) is 0 Å². The van der Waals surface area contributed by atoms with Crippen LogP contribution in [0.5, 0.6) is 0 Å². The molecule has 0 amide bonds. The summed E-state index contributed by atoms with van der Waals surface area (Å²) in [4.78, 5) is 4.74. The molecule has 0 N–H and O–H groups in total. The van der Waals surface area contributed by atoms with Gasteiger partial charge in [-0.15, -0.1) is 0 Å². The normalized spacial score (nSPS) is 13.7. The summed E-state index contributed by atoms with van der Waals surface area (Å²) < 4.78 is 0. The van der Waals surface area contributed by atoms with E-state index in [-0.39, 0.29) is 10.8 Å². The Hall–Kier alpha value is -9.50. The fourth-order valence-electron chi connectivity index (χ4n) is 13.0. The lowest BCUT2D eigenvalue weighted by Gasteiger charge is -2.28. The molecular weight excluding hydrogens is 965 g/mol. The van der Waals surface area contributed by atoms with E-state index >= 15 is 0 Å². The third kappa shape index (κ3) is 8.34. The molecule has 0 saturated carbocycles. The average molecular weight is 1030 g/mol. The lowest BCUT2D eigenvalue weighted by atomic mass is 9.81. The lowest BCUT2D eigenvalue weighted by Crippen LogP contribution is -2.16. The first-order valence-electron chi connectivity index (χ1n) is 28.1. The second-order valence-corrected chi connectivity index (χ2v) is 23.2. The topological polar surface area (TPSA) is 6.48 Å². The number of fused-ring (bicyclic) bond motifs is 12. The molecule has 0 saturated heterocycles. The number of anilines is 6. The predicted molar refractivity (Wildman–Crippen MR) is 344 cm³/mol. The molecule has 80 heavy (non-hydrogen) atoms. The standard InChI is InChI=1S/C78H62N2/c1-51-21-33-59(34-22-51)79(57-15-9-7-10-16-57)61-37-43-69-67-41-31-55(47-73(67)77(3,4)75(69)49-61)27-25-53-29-39-65-66-40-30-54(46-72(66)64-20-14-13-19-63(64)71(65)45-53)26-28-56-32-42-68-70-44-38-62(50-76(70)78(5,6)74(68)48-56)80(58-17-11-8-12-18-58)60-35-23-52(2)24-36-60/h7-50H,1-6H3. The summed E-state index contributed by atoms with van der Waals surface area (Å²) in [5.41, 5.74) is 24.5. The smallest absolute Gasteiger partial charge is 0.0465 e. The van der Waals surface area contributed by atoms with Crippen molar-refractivity contribution in [3.8, 4) is 22.3 Å². The molecule has 2 heteroatoms. The highest BCUT2D eigenvalue weighted by Gasteiger charge is 2.38. The summed E-state index contributed by atoms with van der Waals surface area (Å²) >= 11 is 0. The summed E-state index contributed by atoms with van der Waals surface area (Å²) in [6.07, 6.45) is 9.13. The molecule has 0 radical (unpaired) electrons. The molecule has 12 aromatic rings. The number of rotatable bonds is 10. The molecule has 2 aliphatic carbocycles. The minimum absolute atomic E-state index is 0.175. The Kier molecular flexibility index (Phi) is 11.7. The highest BCUT2D eigenvalue weighted by molar-refractivity contribution is 6.26. The minimum Gasteiger partial charge on any atom is -0.310 e. The molecule has 0 unspecified atom stereocenters. The van der Waals surface area contributed by atoms with Crippen LogP contribution in [0.4, 0.5) is 34.1 Å². The van der Waals surface area contributed by atoms with Crippen molar-refractivity contribution >= 4 is 90.7 Å². The Labute approximate surface area is 470 Å². The number of hydrogen-bond donors (Lipinski definition) is 0. The van der Waals surface area contributed by atoms with Gasteiger partial charge in [-0.3, -0.25) is 0 Å². The van der Waals surface area contributed by atoms with Crippen LogP contribution in [0.3, 0.4) is 0 Å². The molecule has 384 valence electrons. The highest BCUT2D eigenvalue weighted by Crippen LogP contribution is 2.53. The van der Waals surface area contributed by atoms with Crippen LogP contribution in [0, 0.1) is 13.8 Å². The van der Waals surface area contributed by atoms with E-state index in [0.717, 1.165) is 34.1 Å². The van der Waals surface area contributed by atoms with Gasteiger partial charge in [0.05, 0.1) is 0 Å². The van der Waals surface area contributed by atoms with Gasteiger partial charge in [-0.05, 0) is 198 Å². The molecule has 0 aliphatic heterocycles. The van der Waals surface area contributed by atoms with Crippen molar-refractivity contribution in [1.82, 2.24) is 0 Å². The Balaban J connectivity index is 0.732. The zero-order chi connectivity index (χ0) is 54.3. The second-order valence-electron chi connectivity index (χ2n) is 23.2. The zero-order valence-electron chi connectivity index (χ0n) is 46.3. The van der Waals surface area contributed by atoms with E-state index in [9.17, 15) is 0 Å². The van der Waals surface area contributed by atoms with E-state index < -0.39 is 0 Å². The maximum Gasteiger partial charge on any atom is 0.0465 e. The summed E-state index contributed by atoms with van der Waals surface area (Å²) in [5, 5.41) is 7.62. The van der Waals surface area contributed by atoms with Gasteiger partial charge in [0.25, 0.3) is 0 Å². The number of aryl methyl sites for hydroxylation is 2. The summed E-state index contributed by atoms with van der Waals surface area (Å²) in [5.74, 6) is 0. The quantitative estimate of drug-likeness (QED) is 0.0995. The van der Waals surface area contributed by atoms with Crippen LogP contribution in [-0.2, 0) is 10.8 Å². The molecule has 14 rings (SSSR count). The zero-order valence-corrected chi connectivity index (χ0v) is 46.3. The molecule has 12 aromatic carbocycles. The molecule has 0 bridgehead atoms. The van der Waals surface area contributed by atoms with Crippen LogP contribution in [0.15, 0.2) is 243 Å². The van der Waals surface area contributed by atoms with Gasteiger partial charge >= 0.3 is 0 Å².